The highest BCUT2D eigenvalue weighted by atomic mass is 16.1. The van der Waals surface area contributed by atoms with Gasteiger partial charge in [0.1, 0.15) is 0 Å². The van der Waals surface area contributed by atoms with Gasteiger partial charge in [0.25, 0.3) is 0 Å². The Balaban J connectivity index is 4.56. The Bertz CT molecular complexity index is 227. The van der Waals surface area contributed by atoms with Crippen LogP contribution in [-0.4, -0.2) is 29.3 Å². The van der Waals surface area contributed by atoms with Crippen LogP contribution in [0.1, 0.15) is 47.5 Å². The van der Waals surface area contributed by atoms with Crippen LogP contribution < -0.4 is 0 Å². The fourth-order valence-corrected chi connectivity index (χ4v) is 1.76. The molecule has 0 radical (unpaired) electrons. The summed E-state index contributed by atoms with van der Waals surface area (Å²) in [5, 5.41) is 0. The van der Waals surface area contributed by atoms with Gasteiger partial charge in [0.2, 0.25) is 0 Å². The van der Waals surface area contributed by atoms with Crippen molar-refractivity contribution in [2.24, 2.45) is 0 Å². The van der Waals surface area contributed by atoms with Gasteiger partial charge >= 0.3 is 0 Å². The minimum atomic E-state index is -0.360. The van der Waals surface area contributed by atoms with E-state index in [0.29, 0.717) is 6.42 Å². The Morgan fingerprint density at radius 1 is 1.20 bits per heavy atom. The van der Waals surface area contributed by atoms with Crippen molar-refractivity contribution in [3.8, 4) is 0 Å². The van der Waals surface area contributed by atoms with Gasteiger partial charge < -0.3 is 0 Å². The van der Waals surface area contributed by atoms with E-state index in [2.05, 4.69) is 25.3 Å². The van der Waals surface area contributed by atoms with E-state index in [0.717, 1.165) is 25.1 Å². The van der Waals surface area contributed by atoms with E-state index >= 15 is 0 Å². The van der Waals surface area contributed by atoms with Crippen molar-refractivity contribution in [1.29, 1.82) is 0 Å². The normalized spacial score (nSPS) is 11.9. The highest BCUT2D eigenvalue weighted by Gasteiger charge is 2.32. The first-order valence-corrected chi connectivity index (χ1v) is 5.85. The molecule has 0 unspecified atom stereocenters. The molecule has 0 aliphatic rings. The fraction of sp³-hybridized carbons (Fsp3) is 0.769. The van der Waals surface area contributed by atoms with Crippen molar-refractivity contribution in [2.75, 3.05) is 13.1 Å². The standard InChI is InChI=1S/C13H25NO/c1-7-11(4)10-12(15)13(5,6)14(8-2)9-3/h4,7-10H2,1-3,5-6H3. The summed E-state index contributed by atoms with van der Waals surface area (Å²) in [5.74, 6) is 0.276. The molecule has 0 rings (SSSR count). The first-order chi connectivity index (χ1) is 6.89. The zero-order valence-corrected chi connectivity index (χ0v) is 10.9. The molecule has 0 N–H and O–H groups in total. The van der Waals surface area contributed by atoms with Gasteiger partial charge in [-0.25, -0.2) is 0 Å². The van der Waals surface area contributed by atoms with Crippen LogP contribution in [0.3, 0.4) is 0 Å². The third-order valence-electron chi connectivity index (χ3n) is 3.15. The Labute approximate surface area is 94.4 Å². The molecule has 2 heteroatoms. The average Bonchev–Trinajstić information content (AvgIpc) is 2.18. The number of ketones is 1. The fourth-order valence-electron chi connectivity index (χ4n) is 1.76. The molecule has 0 amide bonds. The number of hydrogen-bond donors (Lipinski definition) is 0. The third kappa shape index (κ3) is 3.78. The number of hydrogen-bond acceptors (Lipinski definition) is 2. The number of rotatable bonds is 7. The van der Waals surface area contributed by atoms with E-state index in [1.165, 1.54) is 0 Å². The van der Waals surface area contributed by atoms with E-state index in [-0.39, 0.29) is 11.3 Å². The maximum Gasteiger partial charge on any atom is 0.156 e. The number of Topliss-reactive ketones (excluding diaryl/α,β-unsaturated/α-hetero) is 1. The van der Waals surface area contributed by atoms with E-state index in [9.17, 15) is 4.79 Å². The molecule has 0 bridgehead atoms. The second-order valence-electron chi connectivity index (χ2n) is 4.43. The van der Waals surface area contributed by atoms with E-state index in [1.54, 1.807) is 0 Å². The molecule has 0 saturated carbocycles. The van der Waals surface area contributed by atoms with Crippen LogP contribution in [0.25, 0.3) is 0 Å². The maximum atomic E-state index is 12.1. The highest BCUT2D eigenvalue weighted by molar-refractivity contribution is 5.89. The zero-order valence-electron chi connectivity index (χ0n) is 10.9. The summed E-state index contributed by atoms with van der Waals surface area (Å²) in [6.45, 7) is 16.0. The van der Waals surface area contributed by atoms with Crippen molar-refractivity contribution in [3.63, 3.8) is 0 Å². The van der Waals surface area contributed by atoms with Crippen molar-refractivity contribution in [3.05, 3.63) is 12.2 Å². The summed E-state index contributed by atoms with van der Waals surface area (Å²) in [4.78, 5) is 14.3. The summed E-state index contributed by atoms with van der Waals surface area (Å²) in [6.07, 6.45) is 1.40. The largest absolute Gasteiger partial charge is 0.297 e. The van der Waals surface area contributed by atoms with Crippen LogP contribution >= 0.6 is 0 Å². The van der Waals surface area contributed by atoms with Gasteiger partial charge in [0.15, 0.2) is 5.78 Å². The van der Waals surface area contributed by atoms with Crippen LogP contribution in [0.4, 0.5) is 0 Å². The number of nitrogens with zero attached hydrogens (tertiary/aromatic N) is 1. The monoisotopic (exact) mass is 211 g/mol. The molecule has 0 heterocycles. The summed E-state index contributed by atoms with van der Waals surface area (Å²) in [7, 11) is 0. The van der Waals surface area contributed by atoms with Gasteiger partial charge in [0.05, 0.1) is 5.54 Å². The topological polar surface area (TPSA) is 20.3 Å². The van der Waals surface area contributed by atoms with Crippen molar-refractivity contribution in [2.45, 2.75) is 53.0 Å². The van der Waals surface area contributed by atoms with E-state index in [4.69, 9.17) is 0 Å². The predicted octanol–water partition coefficient (Wildman–Crippen LogP) is 3.03. The summed E-state index contributed by atoms with van der Waals surface area (Å²) < 4.78 is 0. The first kappa shape index (κ1) is 14.4. The summed E-state index contributed by atoms with van der Waals surface area (Å²) >= 11 is 0. The number of carbonyl (C=O) groups is 1. The van der Waals surface area contributed by atoms with Gasteiger partial charge in [-0.3, -0.25) is 9.69 Å². The van der Waals surface area contributed by atoms with Gasteiger partial charge in [-0.05, 0) is 33.4 Å². The lowest BCUT2D eigenvalue weighted by Crippen LogP contribution is -2.49. The Morgan fingerprint density at radius 3 is 2.00 bits per heavy atom. The van der Waals surface area contributed by atoms with Crippen LogP contribution in [0.5, 0.6) is 0 Å². The number of allylic oxidation sites excluding steroid dienone is 1. The van der Waals surface area contributed by atoms with Crippen molar-refractivity contribution >= 4 is 5.78 Å². The molecule has 0 aromatic heterocycles. The zero-order chi connectivity index (χ0) is 12.1. The van der Waals surface area contributed by atoms with Crippen LogP contribution in [0, 0.1) is 0 Å². The summed E-state index contributed by atoms with van der Waals surface area (Å²) in [5.41, 5.74) is 0.668. The number of carbonyl (C=O) groups excluding carboxylic acids is 1. The smallest absolute Gasteiger partial charge is 0.156 e. The van der Waals surface area contributed by atoms with Crippen molar-refractivity contribution < 1.29 is 4.79 Å². The maximum absolute atomic E-state index is 12.1. The average molecular weight is 211 g/mol. The molecule has 15 heavy (non-hydrogen) atoms. The molecular formula is C13H25NO. The summed E-state index contributed by atoms with van der Waals surface area (Å²) in [6, 6.07) is 0. The number of likely N-dealkylation sites (N-methyl/N-ethyl adjacent to an activating group) is 1. The molecule has 0 atom stereocenters. The Morgan fingerprint density at radius 2 is 1.67 bits per heavy atom. The van der Waals surface area contributed by atoms with E-state index < -0.39 is 0 Å². The van der Waals surface area contributed by atoms with Gasteiger partial charge in [-0.2, -0.15) is 0 Å². The first-order valence-electron chi connectivity index (χ1n) is 5.85. The van der Waals surface area contributed by atoms with Gasteiger partial charge in [-0.1, -0.05) is 32.9 Å². The van der Waals surface area contributed by atoms with Gasteiger partial charge in [-0.15, -0.1) is 0 Å². The Hall–Kier alpha value is -0.630. The predicted molar refractivity (Wildman–Crippen MR) is 66.1 cm³/mol. The molecule has 2 nitrogen and oxygen atoms in total. The minimum absolute atomic E-state index is 0.276. The second kappa shape index (κ2) is 6.06. The lowest BCUT2D eigenvalue weighted by molar-refractivity contribution is -0.128. The molecule has 0 aliphatic heterocycles. The van der Waals surface area contributed by atoms with Crippen LogP contribution in [0.15, 0.2) is 12.2 Å². The molecule has 0 aromatic rings. The van der Waals surface area contributed by atoms with E-state index in [1.807, 2.05) is 20.8 Å². The van der Waals surface area contributed by atoms with Gasteiger partial charge in [0, 0.05) is 6.42 Å². The molecule has 0 aliphatic carbocycles. The minimum Gasteiger partial charge on any atom is -0.297 e. The molecule has 0 aromatic carbocycles. The Kier molecular flexibility index (Phi) is 5.81. The van der Waals surface area contributed by atoms with Crippen molar-refractivity contribution in [1.82, 2.24) is 4.90 Å². The molecule has 0 fully saturated rings. The lowest BCUT2D eigenvalue weighted by atomic mass is 9.91. The highest BCUT2D eigenvalue weighted by Crippen LogP contribution is 2.19. The molecule has 88 valence electrons. The van der Waals surface area contributed by atoms with Crippen LogP contribution in [0.2, 0.25) is 0 Å². The molecule has 0 spiro atoms. The lowest BCUT2D eigenvalue weighted by Gasteiger charge is -2.36. The quantitative estimate of drug-likeness (QED) is 0.603. The third-order valence-corrected chi connectivity index (χ3v) is 3.15. The second-order valence-corrected chi connectivity index (χ2v) is 4.43. The SMILES string of the molecule is C=C(CC)CC(=O)C(C)(C)N(CC)CC. The van der Waals surface area contributed by atoms with Crippen LogP contribution in [-0.2, 0) is 4.79 Å². The molecule has 0 saturated heterocycles. The molecular weight excluding hydrogens is 186 g/mol.